The number of carbonyl (C=O) groups excluding carboxylic acids is 2. The van der Waals surface area contributed by atoms with Gasteiger partial charge in [0.15, 0.2) is 0 Å². The second kappa shape index (κ2) is 8.64. The molecule has 0 aromatic heterocycles. The fourth-order valence-corrected chi connectivity index (χ4v) is 4.51. The van der Waals surface area contributed by atoms with E-state index in [1.54, 1.807) is 6.92 Å². The van der Waals surface area contributed by atoms with Crippen LogP contribution in [0.4, 0.5) is 0 Å². The van der Waals surface area contributed by atoms with Crippen LogP contribution < -0.4 is 4.72 Å². The largest absolute Gasteiger partial charge is 0.465 e. The van der Waals surface area contributed by atoms with Gasteiger partial charge in [0.1, 0.15) is 0 Å². The van der Waals surface area contributed by atoms with Crippen LogP contribution >= 0.6 is 0 Å². The minimum atomic E-state index is -4.07. The highest BCUT2D eigenvalue weighted by atomic mass is 32.2. The molecule has 3 aromatic rings. The van der Waals surface area contributed by atoms with Crippen molar-refractivity contribution in [2.45, 2.75) is 17.9 Å². The number of carbonyl (C=O) groups is 2. The van der Waals surface area contributed by atoms with E-state index in [-0.39, 0.29) is 16.0 Å². The highest BCUT2D eigenvalue weighted by molar-refractivity contribution is 7.89. The van der Waals surface area contributed by atoms with Crippen molar-refractivity contribution >= 4 is 32.7 Å². The van der Waals surface area contributed by atoms with E-state index < -0.39 is 28.0 Å². The topological polar surface area (TPSA) is 98.8 Å². The van der Waals surface area contributed by atoms with Crippen molar-refractivity contribution in [1.29, 1.82) is 0 Å². The fourth-order valence-electron chi connectivity index (χ4n) is 3.22. The van der Waals surface area contributed by atoms with Gasteiger partial charge < -0.3 is 9.47 Å². The molecule has 3 aromatic carbocycles. The Morgan fingerprint density at radius 3 is 2.03 bits per heavy atom. The summed E-state index contributed by atoms with van der Waals surface area (Å²) in [4.78, 5) is 23.7. The lowest BCUT2D eigenvalue weighted by molar-refractivity contribution is 0.0598. The maximum atomic E-state index is 13.1. The number of hydrogen-bond donors (Lipinski definition) is 1. The number of hydrogen-bond acceptors (Lipinski definition) is 6. The second-order valence-electron chi connectivity index (χ2n) is 6.64. The van der Waals surface area contributed by atoms with Gasteiger partial charge in [-0.2, -0.15) is 0 Å². The van der Waals surface area contributed by atoms with E-state index >= 15 is 0 Å². The van der Waals surface area contributed by atoms with Gasteiger partial charge in [-0.3, -0.25) is 0 Å². The summed E-state index contributed by atoms with van der Waals surface area (Å²) in [7, 11) is -1.73. The Balaban J connectivity index is 2.02. The Hall–Kier alpha value is -3.23. The molecule has 0 unspecified atom stereocenters. The molecule has 1 N–H and O–H groups in total. The molecule has 1 atom stereocenters. The highest BCUT2D eigenvalue weighted by Crippen LogP contribution is 2.26. The van der Waals surface area contributed by atoms with E-state index in [9.17, 15) is 18.0 Å². The van der Waals surface area contributed by atoms with Gasteiger partial charge in [0.2, 0.25) is 10.0 Å². The minimum absolute atomic E-state index is 0.0708. The lowest BCUT2D eigenvalue weighted by atomic mass is 10.0. The number of fused-ring (bicyclic) bond motifs is 1. The summed E-state index contributed by atoms with van der Waals surface area (Å²) in [6.07, 6.45) is 0. The summed E-state index contributed by atoms with van der Waals surface area (Å²) in [6, 6.07) is 16.3. The lowest BCUT2D eigenvalue weighted by Crippen LogP contribution is -2.27. The van der Waals surface area contributed by atoms with Crippen molar-refractivity contribution in [3.05, 3.63) is 77.4 Å². The van der Waals surface area contributed by atoms with Crippen LogP contribution in [0.1, 0.15) is 39.2 Å². The van der Waals surface area contributed by atoms with Crippen molar-refractivity contribution in [2.75, 3.05) is 14.2 Å². The average Bonchev–Trinajstić information content (AvgIpc) is 2.76. The summed E-state index contributed by atoms with van der Waals surface area (Å²) >= 11 is 0. The first-order chi connectivity index (χ1) is 14.3. The van der Waals surface area contributed by atoms with Crippen molar-refractivity contribution in [3.8, 4) is 0 Å². The van der Waals surface area contributed by atoms with Gasteiger partial charge in [-0.25, -0.2) is 22.7 Å². The molecule has 0 saturated carbocycles. The van der Waals surface area contributed by atoms with Crippen molar-refractivity contribution in [3.63, 3.8) is 0 Å². The minimum Gasteiger partial charge on any atom is -0.465 e. The van der Waals surface area contributed by atoms with E-state index in [4.69, 9.17) is 0 Å². The van der Waals surface area contributed by atoms with Crippen LogP contribution in [0.2, 0.25) is 0 Å². The quantitative estimate of drug-likeness (QED) is 0.605. The monoisotopic (exact) mass is 427 g/mol. The van der Waals surface area contributed by atoms with Crippen LogP contribution in [0.5, 0.6) is 0 Å². The fraction of sp³-hybridized carbons (Fsp3) is 0.182. The Labute approximate surface area is 174 Å². The summed E-state index contributed by atoms with van der Waals surface area (Å²) in [5.41, 5.74) is 0.658. The number of benzene rings is 3. The number of nitrogens with one attached hydrogen (secondary N) is 1. The van der Waals surface area contributed by atoms with Gasteiger partial charge in [-0.15, -0.1) is 0 Å². The summed E-state index contributed by atoms with van der Waals surface area (Å²) in [5, 5.41) is 1.91. The predicted octanol–water partition coefficient (Wildman–Crippen LogP) is 3.45. The molecule has 0 bridgehead atoms. The normalized spacial score (nSPS) is 12.4. The molecule has 0 aliphatic carbocycles. The molecule has 3 rings (SSSR count). The van der Waals surface area contributed by atoms with Crippen LogP contribution in [0, 0.1) is 0 Å². The summed E-state index contributed by atoms with van der Waals surface area (Å²) < 4.78 is 38.1. The molecule has 7 nitrogen and oxygen atoms in total. The SMILES string of the molecule is COC(=O)c1cc(C(=O)OC)cc(S(=O)(=O)N[C@@H](C)c2cccc3ccccc23)c1. The zero-order valence-corrected chi connectivity index (χ0v) is 17.5. The third kappa shape index (κ3) is 4.34. The number of methoxy groups -OCH3 is 2. The summed E-state index contributed by atoms with van der Waals surface area (Å²) in [5.74, 6) is -1.53. The van der Waals surface area contributed by atoms with Crippen LogP contribution in [-0.2, 0) is 19.5 Å². The zero-order chi connectivity index (χ0) is 21.9. The lowest BCUT2D eigenvalue weighted by Gasteiger charge is -2.17. The number of ether oxygens (including phenoxy) is 2. The maximum absolute atomic E-state index is 13.1. The van der Waals surface area contributed by atoms with Crippen molar-refractivity contribution in [2.24, 2.45) is 0 Å². The second-order valence-corrected chi connectivity index (χ2v) is 8.35. The molecule has 0 heterocycles. The van der Waals surface area contributed by atoms with Gasteiger partial charge in [0.25, 0.3) is 0 Å². The highest BCUT2D eigenvalue weighted by Gasteiger charge is 2.23. The van der Waals surface area contributed by atoms with Gasteiger partial charge in [-0.05, 0) is 41.5 Å². The maximum Gasteiger partial charge on any atom is 0.337 e. The average molecular weight is 427 g/mol. The predicted molar refractivity (Wildman–Crippen MR) is 112 cm³/mol. The van der Waals surface area contributed by atoms with Crippen LogP contribution in [0.3, 0.4) is 0 Å². The Kier molecular flexibility index (Phi) is 6.19. The van der Waals surface area contributed by atoms with Crippen LogP contribution in [0.15, 0.2) is 65.6 Å². The van der Waals surface area contributed by atoms with E-state index in [1.807, 2.05) is 42.5 Å². The van der Waals surface area contributed by atoms with E-state index in [0.29, 0.717) is 0 Å². The Morgan fingerprint density at radius 2 is 1.43 bits per heavy atom. The molecule has 8 heteroatoms. The standard InChI is InChI=1S/C22H21NO6S/c1-14(19-10-6-8-15-7-4-5-9-20(15)19)23-30(26,27)18-12-16(21(24)28-2)11-17(13-18)22(25)29-3/h4-14,23H,1-3H3/t14-/m0/s1. The smallest absolute Gasteiger partial charge is 0.337 e. The molecular weight excluding hydrogens is 406 g/mol. The third-order valence-corrected chi connectivity index (χ3v) is 6.20. The Morgan fingerprint density at radius 1 is 0.867 bits per heavy atom. The van der Waals surface area contributed by atoms with Gasteiger partial charge in [-0.1, -0.05) is 42.5 Å². The van der Waals surface area contributed by atoms with E-state index in [2.05, 4.69) is 14.2 Å². The first kappa shape index (κ1) is 21.5. The molecule has 0 fully saturated rings. The van der Waals surface area contributed by atoms with Crippen molar-refractivity contribution in [1.82, 2.24) is 4.72 Å². The third-order valence-electron chi connectivity index (χ3n) is 4.68. The molecular formula is C22H21NO6S. The van der Waals surface area contributed by atoms with E-state index in [0.717, 1.165) is 28.5 Å². The number of esters is 2. The first-order valence-electron chi connectivity index (χ1n) is 9.08. The van der Waals surface area contributed by atoms with Crippen LogP contribution in [0.25, 0.3) is 10.8 Å². The Bertz CT molecular complexity index is 1180. The molecule has 0 amide bonds. The molecule has 0 aliphatic rings. The molecule has 0 aliphatic heterocycles. The molecule has 0 saturated heterocycles. The van der Waals surface area contributed by atoms with Gasteiger partial charge in [0.05, 0.1) is 30.2 Å². The number of rotatable bonds is 6. The molecule has 30 heavy (non-hydrogen) atoms. The van der Waals surface area contributed by atoms with Gasteiger partial charge in [0, 0.05) is 6.04 Å². The molecule has 156 valence electrons. The first-order valence-corrected chi connectivity index (χ1v) is 10.6. The number of sulfonamides is 1. The van der Waals surface area contributed by atoms with Gasteiger partial charge >= 0.3 is 11.9 Å². The molecule has 0 spiro atoms. The van der Waals surface area contributed by atoms with Crippen molar-refractivity contribution < 1.29 is 27.5 Å². The molecule has 0 radical (unpaired) electrons. The zero-order valence-electron chi connectivity index (χ0n) is 16.7. The van der Waals surface area contributed by atoms with Crippen LogP contribution in [-0.4, -0.2) is 34.6 Å². The summed E-state index contributed by atoms with van der Waals surface area (Å²) in [6.45, 7) is 1.73. The van der Waals surface area contributed by atoms with E-state index in [1.165, 1.54) is 20.3 Å².